The van der Waals surface area contributed by atoms with E-state index in [9.17, 15) is 35.5 Å². The van der Waals surface area contributed by atoms with Crippen LogP contribution < -0.4 is 11.1 Å². The highest BCUT2D eigenvalue weighted by atomic mass is 19.4. The zero-order chi connectivity index (χ0) is 28.0. The molecule has 2 aromatic rings. The number of nitrogens with one attached hydrogen (secondary N) is 1. The van der Waals surface area contributed by atoms with Gasteiger partial charge in [-0.3, -0.25) is 0 Å². The summed E-state index contributed by atoms with van der Waals surface area (Å²) in [6.07, 6.45) is -4.91. The van der Waals surface area contributed by atoms with Gasteiger partial charge in [-0.05, 0) is 86.5 Å². The highest BCUT2D eigenvalue weighted by molar-refractivity contribution is 5.63. The van der Waals surface area contributed by atoms with Crippen LogP contribution in [0.3, 0.4) is 0 Å². The summed E-state index contributed by atoms with van der Waals surface area (Å²) in [5.74, 6) is 0.641. The molecule has 37 heavy (non-hydrogen) atoms. The molecule has 4 N–H and O–H groups in total. The number of rotatable bonds is 7. The van der Waals surface area contributed by atoms with Gasteiger partial charge in [-0.1, -0.05) is 18.6 Å². The van der Waals surface area contributed by atoms with Crippen LogP contribution in [0.2, 0.25) is 0 Å². The Morgan fingerprint density at radius 1 is 1.03 bits per heavy atom. The molecular weight excluding hydrogens is 505 g/mol. The second-order valence-electron chi connectivity index (χ2n) is 9.55. The first-order valence-electron chi connectivity index (χ1n) is 11.7. The van der Waals surface area contributed by atoms with Crippen LogP contribution in [0.4, 0.5) is 30.7 Å². The van der Waals surface area contributed by atoms with Crippen LogP contribution in [-0.4, -0.2) is 30.0 Å². The minimum atomic E-state index is -4.87. The second-order valence-corrected chi connectivity index (χ2v) is 9.55. The monoisotopic (exact) mass is 536 g/mol. The average Bonchev–Trinajstić information content (AvgIpc) is 3.32. The fourth-order valence-electron chi connectivity index (χ4n) is 4.69. The molecule has 4 nitrogen and oxygen atoms in total. The molecule has 0 heterocycles. The molecule has 3 rings (SSSR count). The Kier molecular flexibility index (Phi) is 10.3. The highest BCUT2D eigenvalue weighted by Crippen LogP contribution is 2.42. The Hall–Kier alpha value is -2.50. The van der Waals surface area contributed by atoms with Crippen molar-refractivity contribution in [2.24, 2.45) is 11.7 Å². The zero-order valence-corrected chi connectivity index (χ0v) is 20.5. The predicted molar refractivity (Wildman–Crippen MR) is 125 cm³/mol. The third-order valence-corrected chi connectivity index (χ3v) is 6.51. The number of alkyl halides is 6. The summed E-state index contributed by atoms with van der Waals surface area (Å²) < 4.78 is 86.4. The van der Waals surface area contributed by atoms with Gasteiger partial charge in [0.15, 0.2) is 0 Å². The van der Waals surface area contributed by atoms with Gasteiger partial charge in [0, 0.05) is 6.04 Å². The molecular formula is C26H31F7N2O2. The van der Waals surface area contributed by atoms with E-state index >= 15 is 0 Å². The number of halogens is 7. The number of aldehydes is 1. The summed E-state index contributed by atoms with van der Waals surface area (Å²) in [6.45, 7) is 0.888. The largest absolute Gasteiger partial charge is 0.416 e. The Balaban J connectivity index is 0.000000271. The maximum Gasteiger partial charge on any atom is 0.416 e. The second kappa shape index (κ2) is 12.4. The van der Waals surface area contributed by atoms with Gasteiger partial charge < -0.3 is 21.0 Å². The normalized spacial score (nSPS) is 20.5. The van der Waals surface area contributed by atoms with Gasteiger partial charge in [0.2, 0.25) is 0 Å². The van der Waals surface area contributed by atoms with Gasteiger partial charge in [-0.15, -0.1) is 0 Å². The SMILES string of the molecule is CNC(CC(C)(N)C=O)C1CCCC1c1ccc(F)cc1.OCc1cc(C(F)(F)F)cc(C(F)(F)F)c1. The summed E-state index contributed by atoms with van der Waals surface area (Å²) in [4.78, 5) is 11.1. The summed E-state index contributed by atoms with van der Waals surface area (Å²) in [5.41, 5.74) is 3.11. The predicted octanol–water partition coefficient (Wildman–Crippen LogP) is 5.82. The molecule has 4 atom stereocenters. The minimum Gasteiger partial charge on any atom is -0.392 e. The average molecular weight is 537 g/mol. The van der Waals surface area contributed by atoms with Crippen LogP contribution in [0.5, 0.6) is 0 Å². The lowest BCUT2D eigenvalue weighted by Gasteiger charge is -2.32. The molecule has 0 amide bonds. The van der Waals surface area contributed by atoms with E-state index in [-0.39, 0.29) is 17.9 Å². The minimum absolute atomic E-state index is 0.0131. The van der Waals surface area contributed by atoms with E-state index in [0.29, 0.717) is 30.4 Å². The topological polar surface area (TPSA) is 75.3 Å². The number of aliphatic hydroxyl groups is 1. The van der Waals surface area contributed by atoms with Crippen molar-refractivity contribution in [3.63, 3.8) is 0 Å². The molecule has 11 heteroatoms. The molecule has 0 spiro atoms. The molecule has 1 aliphatic rings. The van der Waals surface area contributed by atoms with E-state index in [1.54, 1.807) is 6.92 Å². The van der Waals surface area contributed by atoms with Crippen LogP contribution in [0.25, 0.3) is 0 Å². The third-order valence-electron chi connectivity index (χ3n) is 6.51. The summed E-state index contributed by atoms with van der Waals surface area (Å²) >= 11 is 0. The summed E-state index contributed by atoms with van der Waals surface area (Å²) in [6, 6.07) is 7.99. The van der Waals surface area contributed by atoms with Crippen LogP contribution in [-0.2, 0) is 23.8 Å². The molecule has 0 aliphatic heterocycles. The van der Waals surface area contributed by atoms with Crippen molar-refractivity contribution in [1.82, 2.24) is 5.32 Å². The maximum atomic E-state index is 13.1. The van der Waals surface area contributed by atoms with Crippen LogP contribution >= 0.6 is 0 Å². The fraction of sp³-hybridized carbons (Fsp3) is 0.500. The van der Waals surface area contributed by atoms with Crippen molar-refractivity contribution >= 4 is 6.29 Å². The molecule has 1 aliphatic carbocycles. The van der Waals surface area contributed by atoms with Crippen LogP contribution in [0.15, 0.2) is 42.5 Å². The lowest BCUT2D eigenvalue weighted by molar-refractivity contribution is -0.143. The zero-order valence-electron chi connectivity index (χ0n) is 20.5. The van der Waals surface area contributed by atoms with Gasteiger partial charge in [-0.25, -0.2) is 4.39 Å². The van der Waals surface area contributed by atoms with E-state index in [1.807, 2.05) is 19.2 Å². The van der Waals surface area contributed by atoms with Crippen molar-refractivity contribution in [2.75, 3.05) is 7.05 Å². The van der Waals surface area contributed by atoms with Gasteiger partial charge in [0.25, 0.3) is 0 Å². The molecule has 206 valence electrons. The highest BCUT2D eigenvalue weighted by Gasteiger charge is 2.38. The van der Waals surface area contributed by atoms with E-state index in [1.165, 1.54) is 17.7 Å². The lowest BCUT2D eigenvalue weighted by atomic mass is 9.79. The molecule has 2 aromatic carbocycles. The molecule has 0 radical (unpaired) electrons. The Labute approximate surface area is 211 Å². The van der Waals surface area contributed by atoms with Gasteiger partial charge in [0.1, 0.15) is 12.1 Å². The van der Waals surface area contributed by atoms with Crippen molar-refractivity contribution in [1.29, 1.82) is 0 Å². The van der Waals surface area contributed by atoms with Gasteiger partial charge in [-0.2, -0.15) is 26.3 Å². The van der Waals surface area contributed by atoms with Crippen molar-refractivity contribution < 1.29 is 40.6 Å². The molecule has 0 aromatic heterocycles. The molecule has 4 unspecified atom stereocenters. The number of carbonyl (C=O) groups is 1. The Morgan fingerprint density at radius 3 is 2.00 bits per heavy atom. The van der Waals surface area contributed by atoms with Crippen LogP contribution in [0, 0.1) is 11.7 Å². The molecule has 1 fully saturated rings. The van der Waals surface area contributed by atoms with Crippen molar-refractivity contribution in [2.45, 2.75) is 69.1 Å². The standard InChI is InChI=1S/C17H25FN2O.C9H6F6O/c1-17(19,11-21)10-16(20-2)15-5-3-4-14(15)12-6-8-13(18)9-7-12;10-8(11,12)6-1-5(4-16)2-7(3-6)9(13,14)15/h6-9,11,14-16,20H,3-5,10,19H2,1-2H3;1-3,16H,4H2. The van der Waals surface area contributed by atoms with E-state index in [2.05, 4.69) is 5.32 Å². The fourth-order valence-corrected chi connectivity index (χ4v) is 4.69. The lowest BCUT2D eigenvalue weighted by Crippen LogP contribution is -2.47. The molecule has 0 bridgehead atoms. The van der Waals surface area contributed by atoms with Crippen molar-refractivity contribution in [3.8, 4) is 0 Å². The molecule has 1 saturated carbocycles. The summed E-state index contributed by atoms with van der Waals surface area (Å²) in [5, 5.41) is 11.9. The number of hydrogen-bond donors (Lipinski definition) is 3. The molecule has 0 saturated heterocycles. The van der Waals surface area contributed by atoms with Gasteiger partial charge in [0.05, 0.1) is 23.3 Å². The summed E-state index contributed by atoms with van der Waals surface area (Å²) in [7, 11) is 1.92. The van der Waals surface area contributed by atoms with Crippen molar-refractivity contribution in [3.05, 3.63) is 70.5 Å². The number of carbonyl (C=O) groups excluding carboxylic acids is 1. The quantitative estimate of drug-likeness (QED) is 0.308. The van der Waals surface area contributed by atoms with E-state index < -0.39 is 41.2 Å². The first kappa shape index (κ1) is 30.7. The van der Waals surface area contributed by atoms with Gasteiger partial charge >= 0.3 is 12.4 Å². The number of aliphatic hydroxyl groups excluding tert-OH is 1. The first-order chi connectivity index (χ1) is 17.1. The number of hydrogen-bond acceptors (Lipinski definition) is 4. The van der Waals surface area contributed by atoms with E-state index in [0.717, 1.165) is 25.5 Å². The van der Waals surface area contributed by atoms with E-state index in [4.69, 9.17) is 10.8 Å². The number of benzene rings is 2. The van der Waals surface area contributed by atoms with Crippen LogP contribution in [0.1, 0.15) is 60.8 Å². The number of nitrogens with two attached hydrogens (primary N) is 1. The third kappa shape index (κ3) is 8.79. The maximum absolute atomic E-state index is 13.1. The Bertz CT molecular complexity index is 989. The first-order valence-corrected chi connectivity index (χ1v) is 11.7. The smallest absolute Gasteiger partial charge is 0.392 e. The Morgan fingerprint density at radius 2 is 1.57 bits per heavy atom.